The van der Waals surface area contributed by atoms with Crippen LogP contribution in [0.15, 0.2) is 11.6 Å². The van der Waals surface area contributed by atoms with E-state index in [1.54, 1.807) is 0 Å². The Kier molecular flexibility index (Phi) is 3.80. The molecule has 0 aromatic carbocycles. The first-order valence-corrected chi connectivity index (χ1v) is 7.32. The number of hydrogen-bond donors (Lipinski definition) is 2. The fraction of sp³-hybridized carbons (Fsp3) is 0.750. The van der Waals surface area contributed by atoms with Gasteiger partial charge < -0.3 is 10.2 Å². The summed E-state index contributed by atoms with van der Waals surface area (Å²) in [4.78, 5) is 22.7. The van der Waals surface area contributed by atoms with Crippen LogP contribution in [-0.4, -0.2) is 28.6 Å². The Hall–Kier alpha value is -1.16. The number of carboxylic acid groups (broad SMARTS) is 1. The second-order valence-electron chi connectivity index (χ2n) is 6.92. The van der Waals surface area contributed by atoms with Gasteiger partial charge in [0.15, 0.2) is 0 Å². The number of allylic oxidation sites excluding steroid dienone is 1. The van der Waals surface area contributed by atoms with Crippen LogP contribution in [0.4, 0.5) is 0 Å². The smallest absolute Gasteiger partial charge is 0.303 e. The van der Waals surface area contributed by atoms with Gasteiger partial charge in [0, 0.05) is 5.41 Å². The van der Waals surface area contributed by atoms with Crippen LogP contribution in [0.3, 0.4) is 0 Å². The second kappa shape index (κ2) is 4.99. The lowest BCUT2D eigenvalue weighted by Gasteiger charge is -2.59. The number of aliphatic hydroxyl groups is 1. The number of rotatable bonds is 3. The molecule has 2 aliphatic carbocycles. The zero-order chi connectivity index (χ0) is 15.1. The van der Waals surface area contributed by atoms with Crippen LogP contribution in [-0.2, 0) is 9.59 Å². The molecule has 0 aromatic rings. The fourth-order valence-corrected chi connectivity index (χ4v) is 4.56. The highest BCUT2D eigenvalue weighted by Gasteiger charge is 2.58. The maximum absolute atomic E-state index is 11.4. The number of carboxylic acids is 1. The quantitative estimate of drug-likeness (QED) is 0.778. The lowest BCUT2D eigenvalue weighted by molar-refractivity contribution is -0.155. The zero-order valence-electron chi connectivity index (χ0n) is 12.4. The molecule has 0 heterocycles. The standard InChI is InChI=1S/C16H24O4/c1-10-7-13(18)16(3)11(9-17)5-4-6-12(16)15(10,2)8-14(19)20/h5,9-10,12-13,18H,4,6-8H2,1-3H3,(H,19,20)/t10-,12-,13+,15-,16+/m1/s1. The van der Waals surface area contributed by atoms with Gasteiger partial charge in [0.2, 0.25) is 0 Å². The van der Waals surface area contributed by atoms with Crippen LogP contribution in [0.2, 0.25) is 0 Å². The van der Waals surface area contributed by atoms with E-state index < -0.39 is 17.5 Å². The summed E-state index contributed by atoms with van der Waals surface area (Å²) in [5.74, 6) is -0.659. The van der Waals surface area contributed by atoms with E-state index in [2.05, 4.69) is 0 Å². The highest BCUT2D eigenvalue weighted by Crippen LogP contribution is 2.61. The molecule has 2 aliphatic rings. The van der Waals surface area contributed by atoms with E-state index in [0.29, 0.717) is 12.0 Å². The average Bonchev–Trinajstić information content (AvgIpc) is 2.36. The van der Waals surface area contributed by atoms with Crippen LogP contribution >= 0.6 is 0 Å². The molecule has 2 rings (SSSR count). The molecule has 4 nitrogen and oxygen atoms in total. The topological polar surface area (TPSA) is 74.6 Å². The van der Waals surface area contributed by atoms with Crippen molar-refractivity contribution in [1.82, 2.24) is 0 Å². The second-order valence-corrected chi connectivity index (χ2v) is 6.92. The summed E-state index contributed by atoms with van der Waals surface area (Å²) in [7, 11) is 0. The minimum Gasteiger partial charge on any atom is -0.481 e. The highest BCUT2D eigenvalue weighted by atomic mass is 16.4. The van der Waals surface area contributed by atoms with Crippen molar-refractivity contribution in [3.05, 3.63) is 11.6 Å². The summed E-state index contributed by atoms with van der Waals surface area (Å²) in [6, 6.07) is 0. The van der Waals surface area contributed by atoms with Crippen LogP contribution in [0, 0.1) is 22.7 Å². The maximum atomic E-state index is 11.4. The Morgan fingerprint density at radius 1 is 1.50 bits per heavy atom. The molecule has 0 aromatic heterocycles. The Morgan fingerprint density at radius 2 is 2.15 bits per heavy atom. The first kappa shape index (κ1) is 15.2. The maximum Gasteiger partial charge on any atom is 0.303 e. The molecule has 0 saturated heterocycles. The van der Waals surface area contributed by atoms with Crippen LogP contribution in [0.25, 0.3) is 0 Å². The summed E-state index contributed by atoms with van der Waals surface area (Å²) in [5.41, 5.74) is -0.358. The molecule has 0 spiro atoms. The molecule has 5 atom stereocenters. The largest absolute Gasteiger partial charge is 0.481 e. The van der Waals surface area contributed by atoms with Gasteiger partial charge in [-0.15, -0.1) is 0 Å². The normalized spacial score (nSPS) is 44.4. The lowest BCUT2D eigenvalue weighted by Crippen LogP contribution is -2.57. The van der Waals surface area contributed by atoms with Gasteiger partial charge in [-0.05, 0) is 42.1 Å². The predicted octanol–water partition coefficient (Wildman–Crippen LogP) is 2.41. The number of aliphatic hydroxyl groups excluding tert-OH is 1. The molecule has 4 heteroatoms. The molecule has 2 N–H and O–H groups in total. The van der Waals surface area contributed by atoms with E-state index in [4.69, 9.17) is 0 Å². The van der Waals surface area contributed by atoms with E-state index in [9.17, 15) is 19.8 Å². The minimum absolute atomic E-state index is 0.0232. The van der Waals surface area contributed by atoms with Gasteiger partial charge in [0.25, 0.3) is 0 Å². The molecule has 0 aliphatic heterocycles. The lowest BCUT2D eigenvalue weighted by atomic mass is 9.46. The van der Waals surface area contributed by atoms with E-state index in [1.807, 2.05) is 26.8 Å². The van der Waals surface area contributed by atoms with Gasteiger partial charge in [0.1, 0.15) is 6.29 Å². The molecule has 1 saturated carbocycles. The third-order valence-corrected chi connectivity index (χ3v) is 6.02. The van der Waals surface area contributed by atoms with Crippen molar-refractivity contribution in [2.75, 3.05) is 0 Å². The molecule has 0 bridgehead atoms. The van der Waals surface area contributed by atoms with Gasteiger partial charge >= 0.3 is 5.97 Å². The Morgan fingerprint density at radius 3 is 2.70 bits per heavy atom. The van der Waals surface area contributed by atoms with Gasteiger partial charge in [-0.3, -0.25) is 9.59 Å². The Balaban J connectivity index is 2.50. The molecular weight excluding hydrogens is 256 g/mol. The summed E-state index contributed by atoms with van der Waals surface area (Å²) in [6.45, 7) is 5.95. The van der Waals surface area contributed by atoms with Crippen molar-refractivity contribution in [1.29, 1.82) is 0 Å². The van der Waals surface area contributed by atoms with E-state index >= 15 is 0 Å². The highest BCUT2D eigenvalue weighted by molar-refractivity contribution is 5.76. The summed E-state index contributed by atoms with van der Waals surface area (Å²) >= 11 is 0. The number of fused-ring (bicyclic) bond motifs is 1. The first-order chi connectivity index (χ1) is 9.26. The summed E-state index contributed by atoms with van der Waals surface area (Å²) in [5, 5.41) is 19.8. The predicted molar refractivity (Wildman–Crippen MR) is 75.1 cm³/mol. The van der Waals surface area contributed by atoms with Gasteiger partial charge in [0.05, 0.1) is 12.5 Å². The number of hydrogen-bond acceptors (Lipinski definition) is 3. The number of carbonyl (C=O) groups excluding carboxylic acids is 1. The van der Waals surface area contributed by atoms with Crippen LogP contribution < -0.4 is 0 Å². The third kappa shape index (κ3) is 2.01. The summed E-state index contributed by atoms with van der Waals surface area (Å²) < 4.78 is 0. The van der Waals surface area contributed by atoms with Crippen LogP contribution in [0.5, 0.6) is 0 Å². The number of aldehydes is 1. The zero-order valence-corrected chi connectivity index (χ0v) is 12.4. The monoisotopic (exact) mass is 280 g/mol. The number of aliphatic carboxylic acids is 1. The molecule has 20 heavy (non-hydrogen) atoms. The van der Waals surface area contributed by atoms with Crippen molar-refractivity contribution in [3.63, 3.8) is 0 Å². The molecule has 112 valence electrons. The average molecular weight is 280 g/mol. The molecule has 1 fully saturated rings. The van der Waals surface area contributed by atoms with Crippen molar-refractivity contribution in [2.24, 2.45) is 22.7 Å². The summed E-state index contributed by atoms with van der Waals surface area (Å²) in [6.07, 6.45) is 4.41. The van der Waals surface area contributed by atoms with Gasteiger partial charge in [-0.2, -0.15) is 0 Å². The van der Waals surface area contributed by atoms with Crippen LogP contribution in [0.1, 0.15) is 46.5 Å². The number of carbonyl (C=O) groups is 2. The van der Waals surface area contributed by atoms with Gasteiger partial charge in [-0.1, -0.05) is 26.8 Å². The van der Waals surface area contributed by atoms with Crippen molar-refractivity contribution >= 4 is 12.3 Å². The molecular formula is C16H24O4. The van der Waals surface area contributed by atoms with Crippen molar-refractivity contribution in [2.45, 2.75) is 52.6 Å². The molecule has 0 unspecified atom stereocenters. The molecule has 0 amide bonds. The first-order valence-electron chi connectivity index (χ1n) is 7.32. The fourth-order valence-electron chi connectivity index (χ4n) is 4.56. The van der Waals surface area contributed by atoms with Gasteiger partial charge in [-0.25, -0.2) is 0 Å². The van der Waals surface area contributed by atoms with E-state index in [-0.39, 0.29) is 23.7 Å². The van der Waals surface area contributed by atoms with E-state index in [0.717, 1.165) is 19.1 Å². The minimum atomic E-state index is -0.805. The van der Waals surface area contributed by atoms with Crippen molar-refractivity contribution in [3.8, 4) is 0 Å². The van der Waals surface area contributed by atoms with Crippen molar-refractivity contribution < 1.29 is 19.8 Å². The van der Waals surface area contributed by atoms with E-state index in [1.165, 1.54) is 0 Å². The Labute approximate surface area is 119 Å². The third-order valence-electron chi connectivity index (χ3n) is 6.02. The SMILES string of the molecule is C[C@@H]1C[C@H](O)[C@@]2(C)C(C=O)=CCC[C@@H]2[C@]1(C)CC(=O)O. The molecule has 0 radical (unpaired) electrons. The Bertz CT molecular complexity index is 455.